The van der Waals surface area contributed by atoms with Crippen LogP contribution in [0, 0.1) is 0 Å². The van der Waals surface area contributed by atoms with Crippen LogP contribution in [0.15, 0.2) is 48.5 Å². The van der Waals surface area contributed by atoms with Gasteiger partial charge in [-0.1, -0.05) is 48.0 Å². The van der Waals surface area contributed by atoms with Crippen molar-refractivity contribution in [2.75, 3.05) is 0 Å². The Morgan fingerprint density at radius 3 is 2.11 bits per heavy atom. The first-order chi connectivity index (χ1) is 8.78. The molecule has 1 nitrogen and oxygen atoms in total. The Bertz CT molecular complexity index is 511. The van der Waals surface area contributed by atoms with Gasteiger partial charge in [0.25, 0.3) is 0 Å². The molecule has 94 valence electrons. The molecule has 3 heteroatoms. The van der Waals surface area contributed by atoms with Crippen molar-refractivity contribution in [3.63, 3.8) is 0 Å². The number of alkyl halides is 1. The fraction of sp³-hybridized carbons (Fsp3) is 0.200. The third-order valence-electron chi connectivity index (χ3n) is 2.69. The topological polar surface area (TPSA) is 12.0 Å². The van der Waals surface area contributed by atoms with E-state index in [0.29, 0.717) is 5.88 Å². The lowest BCUT2D eigenvalue weighted by Gasteiger charge is -2.06. The number of nitrogens with one attached hydrogen (secondary N) is 1. The summed E-state index contributed by atoms with van der Waals surface area (Å²) in [4.78, 5) is 0. The zero-order chi connectivity index (χ0) is 12.8. The average molecular weight is 280 g/mol. The van der Waals surface area contributed by atoms with E-state index in [0.717, 1.165) is 23.7 Å². The van der Waals surface area contributed by atoms with Gasteiger partial charge in [0.15, 0.2) is 0 Å². The van der Waals surface area contributed by atoms with Crippen molar-refractivity contribution in [1.29, 1.82) is 0 Å². The minimum absolute atomic E-state index is 0.558. The van der Waals surface area contributed by atoms with Crippen LogP contribution in [0.2, 0.25) is 5.02 Å². The van der Waals surface area contributed by atoms with Crippen LogP contribution in [-0.4, -0.2) is 0 Å². The normalized spacial score (nSPS) is 10.6. The lowest BCUT2D eigenvalue weighted by atomic mass is 10.1. The maximum Gasteiger partial charge on any atom is 0.0474 e. The predicted octanol–water partition coefficient (Wildman–Crippen LogP) is 4.37. The number of halogens is 2. The van der Waals surface area contributed by atoms with Gasteiger partial charge in [-0.25, -0.2) is 0 Å². The van der Waals surface area contributed by atoms with Crippen LogP contribution >= 0.6 is 23.2 Å². The SMILES string of the molecule is ClCc1cccc(CNCc2cccc(Cl)c2)c1. The molecule has 0 saturated carbocycles. The summed E-state index contributed by atoms with van der Waals surface area (Å²) in [6, 6.07) is 16.2. The van der Waals surface area contributed by atoms with E-state index in [1.165, 1.54) is 11.1 Å². The van der Waals surface area contributed by atoms with Gasteiger partial charge >= 0.3 is 0 Å². The fourth-order valence-electron chi connectivity index (χ4n) is 1.82. The zero-order valence-electron chi connectivity index (χ0n) is 10.00. The first kappa shape index (κ1) is 13.4. The largest absolute Gasteiger partial charge is 0.309 e. The van der Waals surface area contributed by atoms with E-state index in [-0.39, 0.29) is 0 Å². The van der Waals surface area contributed by atoms with Crippen LogP contribution < -0.4 is 5.32 Å². The third-order valence-corrected chi connectivity index (χ3v) is 3.24. The van der Waals surface area contributed by atoms with Crippen molar-refractivity contribution in [2.45, 2.75) is 19.0 Å². The van der Waals surface area contributed by atoms with E-state index in [1.54, 1.807) is 0 Å². The van der Waals surface area contributed by atoms with Crippen LogP contribution in [0.4, 0.5) is 0 Å². The Morgan fingerprint density at radius 2 is 1.44 bits per heavy atom. The van der Waals surface area contributed by atoms with Crippen LogP contribution in [-0.2, 0) is 19.0 Å². The highest BCUT2D eigenvalue weighted by Crippen LogP contribution is 2.11. The second-order valence-corrected chi connectivity index (χ2v) is 4.89. The molecule has 0 saturated heterocycles. The lowest BCUT2D eigenvalue weighted by Crippen LogP contribution is -2.12. The van der Waals surface area contributed by atoms with E-state index in [1.807, 2.05) is 30.3 Å². The smallest absolute Gasteiger partial charge is 0.0474 e. The molecule has 0 radical (unpaired) electrons. The third kappa shape index (κ3) is 4.02. The van der Waals surface area contributed by atoms with Gasteiger partial charge in [0, 0.05) is 24.0 Å². The first-order valence-corrected chi connectivity index (χ1v) is 6.78. The Kier molecular flexibility index (Phi) is 5.06. The van der Waals surface area contributed by atoms with E-state index >= 15 is 0 Å². The maximum absolute atomic E-state index is 5.94. The van der Waals surface area contributed by atoms with Crippen LogP contribution in [0.3, 0.4) is 0 Å². The molecule has 0 aromatic heterocycles. The Hall–Kier alpha value is -1.02. The molecular formula is C15H15Cl2N. The van der Waals surface area contributed by atoms with Gasteiger partial charge in [-0.05, 0) is 28.8 Å². The van der Waals surface area contributed by atoms with Crippen molar-refractivity contribution in [3.05, 3.63) is 70.2 Å². The van der Waals surface area contributed by atoms with Crippen molar-refractivity contribution in [3.8, 4) is 0 Å². The summed E-state index contributed by atoms with van der Waals surface area (Å²) in [5.74, 6) is 0.558. The summed E-state index contributed by atoms with van der Waals surface area (Å²) < 4.78 is 0. The van der Waals surface area contributed by atoms with Gasteiger partial charge in [0.05, 0.1) is 0 Å². The monoisotopic (exact) mass is 279 g/mol. The summed E-state index contributed by atoms with van der Waals surface area (Å²) in [5.41, 5.74) is 3.59. The van der Waals surface area contributed by atoms with Crippen LogP contribution in [0.25, 0.3) is 0 Å². The maximum atomic E-state index is 5.94. The molecule has 0 atom stereocenters. The van der Waals surface area contributed by atoms with Crippen LogP contribution in [0.1, 0.15) is 16.7 Å². The summed E-state index contributed by atoms with van der Waals surface area (Å²) in [7, 11) is 0. The quantitative estimate of drug-likeness (QED) is 0.802. The molecule has 0 bridgehead atoms. The molecule has 2 aromatic rings. The second kappa shape index (κ2) is 6.79. The zero-order valence-corrected chi connectivity index (χ0v) is 11.5. The Morgan fingerprint density at radius 1 is 0.833 bits per heavy atom. The summed E-state index contributed by atoms with van der Waals surface area (Å²) >= 11 is 11.7. The number of rotatable bonds is 5. The summed E-state index contributed by atoms with van der Waals surface area (Å²) in [5, 5.41) is 4.17. The number of hydrogen-bond acceptors (Lipinski definition) is 1. The molecule has 0 unspecified atom stereocenters. The summed E-state index contributed by atoms with van der Waals surface area (Å²) in [6.07, 6.45) is 0. The molecule has 0 aliphatic heterocycles. The lowest BCUT2D eigenvalue weighted by molar-refractivity contribution is 0.693. The van der Waals surface area contributed by atoms with Crippen LogP contribution in [0.5, 0.6) is 0 Å². The van der Waals surface area contributed by atoms with Gasteiger partial charge in [0.2, 0.25) is 0 Å². The van der Waals surface area contributed by atoms with E-state index in [2.05, 4.69) is 23.5 Å². The minimum atomic E-state index is 0.558. The van der Waals surface area contributed by atoms with Crippen molar-refractivity contribution in [2.24, 2.45) is 0 Å². The second-order valence-electron chi connectivity index (χ2n) is 4.19. The van der Waals surface area contributed by atoms with E-state index < -0.39 is 0 Å². The Labute approximate surface area is 118 Å². The number of benzene rings is 2. The molecule has 0 aliphatic carbocycles. The molecule has 18 heavy (non-hydrogen) atoms. The first-order valence-electron chi connectivity index (χ1n) is 5.87. The minimum Gasteiger partial charge on any atom is -0.309 e. The molecular weight excluding hydrogens is 265 g/mol. The molecule has 1 N–H and O–H groups in total. The molecule has 2 aromatic carbocycles. The molecule has 0 amide bonds. The fourth-order valence-corrected chi connectivity index (χ4v) is 2.20. The van der Waals surface area contributed by atoms with Gasteiger partial charge in [-0.3, -0.25) is 0 Å². The van der Waals surface area contributed by atoms with Gasteiger partial charge in [0.1, 0.15) is 0 Å². The van der Waals surface area contributed by atoms with Crippen molar-refractivity contribution < 1.29 is 0 Å². The molecule has 0 fully saturated rings. The predicted molar refractivity (Wildman–Crippen MR) is 78.0 cm³/mol. The van der Waals surface area contributed by atoms with Crippen molar-refractivity contribution >= 4 is 23.2 Å². The highest BCUT2D eigenvalue weighted by Gasteiger charge is 1.97. The Balaban J connectivity index is 1.88. The van der Waals surface area contributed by atoms with Crippen molar-refractivity contribution in [1.82, 2.24) is 5.32 Å². The molecule has 0 spiro atoms. The van der Waals surface area contributed by atoms with Gasteiger partial charge in [-0.15, -0.1) is 11.6 Å². The van der Waals surface area contributed by atoms with E-state index in [9.17, 15) is 0 Å². The van der Waals surface area contributed by atoms with Gasteiger partial charge in [-0.2, -0.15) is 0 Å². The molecule has 2 rings (SSSR count). The highest BCUT2D eigenvalue weighted by molar-refractivity contribution is 6.30. The molecule has 0 aliphatic rings. The average Bonchev–Trinajstić information content (AvgIpc) is 2.39. The highest BCUT2D eigenvalue weighted by atomic mass is 35.5. The van der Waals surface area contributed by atoms with Gasteiger partial charge < -0.3 is 5.32 Å². The summed E-state index contributed by atoms with van der Waals surface area (Å²) in [6.45, 7) is 1.64. The molecule has 0 heterocycles. The van der Waals surface area contributed by atoms with E-state index in [4.69, 9.17) is 23.2 Å². The standard InChI is InChI=1S/C15H15Cl2N/c16-9-12-3-1-4-13(7-12)10-18-11-14-5-2-6-15(17)8-14/h1-8,18H,9-11H2. The number of hydrogen-bond donors (Lipinski definition) is 1.